The van der Waals surface area contributed by atoms with Crippen molar-refractivity contribution in [2.45, 2.75) is 33.9 Å². The number of rotatable bonds is 9. The largest absolute Gasteiger partial charge is 0.416 e. The van der Waals surface area contributed by atoms with Crippen molar-refractivity contribution in [3.63, 3.8) is 0 Å². The van der Waals surface area contributed by atoms with E-state index in [-0.39, 0.29) is 24.7 Å². The first-order chi connectivity index (χ1) is 18.1. The topological polar surface area (TPSA) is 86.4 Å². The molecule has 2 aromatic carbocycles. The van der Waals surface area contributed by atoms with Gasteiger partial charge in [-0.15, -0.1) is 0 Å². The Morgan fingerprint density at radius 1 is 0.921 bits per heavy atom. The molecule has 0 radical (unpaired) electrons. The number of alkyl halides is 3. The molecule has 2 N–H and O–H groups in total. The van der Waals surface area contributed by atoms with Crippen LogP contribution < -0.4 is 10.6 Å². The molecule has 0 saturated heterocycles. The zero-order valence-corrected chi connectivity index (χ0v) is 21.8. The number of nitrogens with two attached hydrogens (primary N) is 1. The van der Waals surface area contributed by atoms with E-state index in [4.69, 9.17) is 15.2 Å². The first-order valence-corrected chi connectivity index (χ1v) is 12.3. The Kier molecular flexibility index (Phi) is 8.13. The Balaban J connectivity index is 2.08. The summed E-state index contributed by atoms with van der Waals surface area (Å²) in [5.74, 6) is 0.395. The van der Waals surface area contributed by atoms with Gasteiger partial charge in [0, 0.05) is 36.2 Å². The van der Waals surface area contributed by atoms with E-state index in [1.165, 1.54) is 6.07 Å². The highest BCUT2D eigenvalue weighted by Crippen LogP contribution is 2.41. The van der Waals surface area contributed by atoms with Crippen LogP contribution in [0, 0.1) is 13.8 Å². The van der Waals surface area contributed by atoms with Crippen LogP contribution in [0.2, 0.25) is 0 Å². The van der Waals surface area contributed by atoms with Crippen molar-refractivity contribution in [2.75, 3.05) is 37.3 Å². The van der Waals surface area contributed by atoms with E-state index < -0.39 is 11.7 Å². The fourth-order valence-electron chi connectivity index (χ4n) is 4.25. The van der Waals surface area contributed by atoms with Gasteiger partial charge in [-0.1, -0.05) is 6.07 Å². The second kappa shape index (κ2) is 11.3. The van der Waals surface area contributed by atoms with Gasteiger partial charge in [0.05, 0.1) is 33.5 Å². The minimum Gasteiger partial charge on any atom is -0.398 e. The summed E-state index contributed by atoms with van der Waals surface area (Å²) in [6.07, 6.45) is -2.83. The van der Waals surface area contributed by atoms with E-state index in [9.17, 15) is 13.2 Å². The lowest BCUT2D eigenvalue weighted by Gasteiger charge is -2.27. The molecule has 0 aliphatic rings. The van der Waals surface area contributed by atoms with Crippen molar-refractivity contribution in [1.82, 2.24) is 15.0 Å². The molecule has 0 aliphatic heterocycles. The predicted octanol–water partition coefficient (Wildman–Crippen LogP) is 6.37. The number of fused-ring (bicyclic) bond motifs is 1. The molecular weight excluding hydrogens is 495 g/mol. The maximum absolute atomic E-state index is 13.7. The molecule has 4 aromatic rings. The third kappa shape index (κ3) is 5.71. The molecule has 0 atom stereocenters. The molecule has 0 saturated carbocycles. The number of nitrogen functional groups attached to an aromatic ring is 1. The number of aryl methyl sites for hydroxylation is 2. The van der Waals surface area contributed by atoms with Crippen molar-refractivity contribution in [3.05, 3.63) is 65.6 Å². The van der Waals surface area contributed by atoms with E-state index >= 15 is 0 Å². The standard InChI is InChI=1S/C28H30F3N5O2/c1-5-37-15-36(16-38-6-2)24-13-19(26-17(3)8-7-11-33-26)12-23-25(24)27(35-18(4)34-23)21-14-20(28(29,30)31)9-10-22(21)32/h7-14H,5-6,15-16,32H2,1-4H3. The third-order valence-corrected chi connectivity index (χ3v) is 6.05. The van der Waals surface area contributed by atoms with Crippen molar-refractivity contribution < 1.29 is 22.6 Å². The fraction of sp³-hybridized carbons (Fsp3) is 0.321. The van der Waals surface area contributed by atoms with E-state index in [0.717, 1.165) is 29.0 Å². The molecule has 2 heterocycles. The van der Waals surface area contributed by atoms with E-state index in [0.29, 0.717) is 41.3 Å². The summed E-state index contributed by atoms with van der Waals surface area (Å²) in [6, 6.07) is 10.9. The van der Waals surface area contributed by atoms with Crippen molar-refractivity contribution in [3.8, 4) is 22.5 Å². The van der Waals surface area contributed by atoms with Crippen LogP contribution in [0.3, 0.4) is 0 Å². The van der Waals surface area contributed by atoms with Gasteiger partial charge in [0.25, 0.3) is 0 Å². The quantitative estimate of drug-likeness (QED) is 0.201. The summed E-state index contributed by atoms with van der Waals surface area (Å²) >= 11 is 0. The molecule has 2 aromatic heterocycles. The summed E-state index contributed by atoms with van der Waals surface area (Å²) in [5, 5.41) is 0.540. The van der Waals surface area contributed by atoms with Crippen LogP contribution in [0.15, 0.2) is 48.7 Å². The average molecular weight is 526 g/mol. The van der Waals surface area contributed by atoms with Crippen molar-refractivity contribution in [2.24, 2.45) is 0 Å². The maximum atomic E-state index is 13.7. The average Bonchev–Trinajstić information content (AvgIpc) is 2.87. The van der Waals surface area contributed by atoms with Crippen LogP contribution in [0.25, 0.3) is 33.4 Å². The van der Waals surface area contributed by atoms with Crippen LogP contribution in [-0.2, 0) is 15.7 Å². The Morgan fingerprint density at radius 3 is 2.26 bits per heavy atom. The van der Waals surface area contributed by atoms with E-state index in [2.05, 4.69) is 15.0 Å². The van der Waals surface area contributed by atoms with Crippen molar-refractivity contribution >= 4 is 22.3 Å². The Hall–Kier alpha value is -3.76. The van der Waals surface area contributed by atoms with Crippen LogP contribution in [0.1, 0.15) is 30.8 Å². The smallest absolute Gasteiger partial charge is 0.398 e. The van der Waals surface area contributed by atoms with Gasteiger partial charge < -0.3 is 20.1 Å². The number of halogens is 3. The first kappa shape index (κ1) is 27.3. The molecule has 0 bridgehead atoms. The third-order valence-electron chi connectivity index (χ3n) is 6.05. The summed E-state index contributed by atoms with van der Waals surface area (Å²) in [6.45, 7) is 8.71. The highest BCUT2D eigenvalue weighted by atomic mass is 19.4. The summed E-state index contributed by atoms with van der Waals surface area (Å²) in [4.78, 5) is 15.7. The summed E-state index contributed by atoms with van der Waals surface area (Å²) in [7, 11) is 0. The number of pyridine rings is 1. The first-order valence-electron chi connectivity index (χ1n) is 12.3. The molecule has 200 valence electrons. The van der Waals surface area contributed by atoms with Crippen LogP contribution in [0.4, 0.5) is 24.5 Å². The highest BCUT2D eigenvalue weighted by Gasteiger charge is 2.31. The van der Waals surface area contributed by atoms with Gasteiger partial charge in [-0.05, 0) is 69.7 Å². The number of hydrogen-bond acceptors (Lipinski definition) is 7. The van der Waals surface area contributed by atoms with Gasteiger partial charge in [-0.3, -0.25) is 4.98 Å². The number of ether oxygens (including phenoxy) is 2. The fourth-order valence-corrected chi connectivity index (χ4v) is 4.25. The summed E-state index contributed by atoms with van der Waals surface area (Å²) < 4.78 is 52.4. The molecule has 38 heavy (non-hydrogen) atoms. The molecular formula is C28H30F3N5O2. The van der Waals surface area contributed by atoms with E-state index in [1.807, 2.05) is 49.9 Å². The van der Waals surface area contributed by atoms with Gasteiger partial charge in [0.15, 0.2) is 0 Å². The second-order valence-electron chi connectivity index (χ2n) is 8.76. The minimum atomic E-state index is -4.54. The lowest BCUT2D eigenvalue weighted by atomic mass is 9.97. The zero-order chi connectivity index (χ0) is 27.4. The molecule has 0 fully saturated rings. The van der Waals surface area contributed by atoms with Crippen LogP contribution >= 0.6 is 0 Å². The Labute approximate surface area is 219 Å². The molecule has 7 nitrogen and oxygen atoms in total. The summed E-state index contributed by atoms with van der Waals surface area (Å²) in [5.41, 5.74) is 9.77. The van der Waals surface area contributed by atoms with Gasteiger partial charge in [-0.2, -0.15) is 13.2 Å². The lowest BCUT2D eigenvalue weighted by Crippen LogP contribution is -2.29. The number of aromatic nitrogens is 3. The normalized spacial score (nSPS) is 11.8. The monoisotopic (exact) mass is 525 g/mol. The lowest BCUT2D eigenvalue weighted by molar-refractivity contribution is -0.137. The number of nitrogens with zero attached hydrogens (tertiary/aromatic N) is 4. The molecule has 0 unspecified atom stereocenters. The number of benzene rings is 2. The predicted molar refractivity (Wildman–Crippen MR) is 143 cm³/mol. The van der Waals surface area contributed by atoms with Gasteiger partial charge in [0.2, 0.25) is 0 Å². The van der Waals surface area contributed by atoms with Crippen molar-refractivity contribution in [1.29, 1.82) is 0 Å². The Morgan fingerprint density at radius 2 is 1.63 bits per heavy atom. The van der Waals surface area contributed by atoms with Gasteiger partial charge in [-0.25, -0.2) is 9.97 Å². The molecule has 4 rings (SSSR count). The molecule has 0 aliphatic carbocycles. The molecule has 10 heteroatoms. The second-order valence-corrected chi connectivity index (χ2v) is 8.76. The van der Waals surface area contributed by atoms with Crippen LogP contribution in [-0.4, -0.2) is 41.6 Å². The molecule has 0 spiro atoms. The SMILES string of the molecule is CCOCN(COCC)c1cc(-c2ncccc2C)cc2nc(C)nc(-c3cc(C(F)(F)F)ccc3N)c12. The van der Waals surface area contributed by atoms with Gasteiger partial charge >= 0.3 is 6.18 Å². The molecule has 0 amide bonds. The van der Waals surface area contributed by atoms with Crippen LogP contribution in [0.5, 0.6) is 0 Å². The minimum absolute atomic E-state index is 0.172. The number of anilines is 2. The highest BCUT2D eigenvalue weighted by molar-refractivity contribution is 6.05. The maximum Gasteiger partial charge on any atom is 0.416 e. The van der Waals surface area contributed by atoms with E-state index in [1.54, 1.807) is 13.1 Å². The van der Waals surface area contributed by atoms with Gasteiger partial charge in [0.1, 0.15) is 19.3 Å². The number of hydrogen-bond donors (Lipinski definition) is 1. The Bertz CT molecular complexity index is 1430. The zero-order valence-electron chi connectivity index (χ0n) is 21.8.